The summed E-state index contributed by atoms with van der Waals surface area (Å²) in [6.45, 7) is 0.0482. The van der Waals surface area contributed by atoms with Crippen LogP contribution in [0, 0.1) is 10.1 Å². The zero-order valence-corrected chi connectivity index (χ0v) is 14.0. The smallest absolute Gasteiger partial charge is 0.336 e. The number of hydrogen-bond donors (Lipinski definition) is 4. The quantitative estimate of drug-likeness (QED) is 0.148. The molecule has 0 amide bonds. The predicted molar refractivity (Wildman–Crippen MR) is 80.5 cm³/mol. The SMILES string of the molecule is COC(=O)CC(O)(CC(=O)O)C(=O)O.O=C(O)CCCCCO[N+](=O)[O-]. The maximum absolute atomic E-state index is 10.7. The Morgan fingerprint density at radius 1 is 1.00 bits per heavy atom. The van der Waals surface area contributed by atoms with E-state index in [2.05, 4.69) is 9.57 Å². The van der Waals surface area contributed by atoms with Crippen molar-refractivity contribution in [2.75, 3.05) is 13.7 Å². The highest BCUT2D eigenvalue weighted by Crippen LogP contribution is 2.16. The maximum atomic E-state index is 10.7. The van der Waals surface area contributed by atoms with Gasteiger partial charge >= 0.3 is 23.9 Å². The third kappa shape index (κ3) is 14.6. The fourth-order valence-corrected chi connectivity index (χ4v) is 1.47. The topological polar surface area (TPSA) is 211 Å². The van der Waals surface area contributed by atoms with Crippen molar-refractivity contribution in [2.24, 2.45) is 0 Å². The van der Waals surface area contributed by atoms with Crippen LogP contribution < -0.4 is 0 Å². The van der Waals surface area contributed by atoms with Crippen LogP contribution in [0.1, 0.15) is 38.5 Å². The Hall–Kier alpha value is -2.96. The highest BCUT2D eigenvalue weighted by atomic mass is 16.9. The number of esters is 1. The molecule has 0 bridgehead atoms. The van der Waals surface area contributed by atoms with Crippen LogP contribution in [0.5, 0.6) is 0 Å². The molecule has 0 aromatic heterocycles. The Kier molecular flexibility index (Phi) is 13.0. The Morgan fingerprint density at radius 2 is 1.58 bits per heavy atom. The molecule has 150 valence electrons. The van der Waals surface area contributed by atoms with Gasteiger partial charge in [0.25, 0.3) is 5.09 Å². The van der Waals surface area contributed by atoms with Gasteiger partial charge in [-0.2, -0.15) is 0 Å². The molecule has 13 heteroatoms. The van der Waals surface area contributed by atoms with Crippen LogP contribution in [0.2, 0.25) is 0 Å². The van der Waals surface area contributed by atoms with Gasteiger partial charge in [0.15, 0.2) is 5.60 Å². The maximum Gasteiger partial charge on any atom is 0.336 e. The minimum atomic E-state index is -2.61. The molecular formula is C13H21NO12. The highest BCUT2D eigenvalue weighted by Gasteiger charge is 2.41. The number of aliphatic carboxylic acids is 3. The van der Waals surface area contributed by atoms with E-state index in [1.54, 1.807) is 0 Å². The van der Waals surface area contributed by atoms with Gasteiger partial charge in [0.1, 0.15) is 0 Å². The zero-order valence-electron chi connectivity index (χ0n) is 14.0. The molecule has 0 saturated heterocycles. The summed E-state index contributed by atoms with van der Waals surface area (Å²) >= 11 is 0. The monoisotopic (exact) mass is 383 g/mol. The van der Waals surface area contributed by atoms with E-state index in [9.17, 15) is 34.4 Å². The molecule has 4 N–H and O–H groups in total. The zero-order chi connectivity index (χ0) is 20.8. The summed E-state index contributed by atoms with van der Waals surface area (Å²) in [4.78, 5) is 55.0. The van der Waals surface area contributed by atoms with E-state index in [-0.39, 0.29) is 13.0 Å². The lowest BCUT2D eigenvalue weighted by Crippen LogP contribution is -2.42. The molecule has 13 nitrogen and oxygen atoms in total. The summed E-state index contributed by atoms with van der Waals surface area (Å²) in [6.07, 6.45) is -0.147. The van der Waals surface area contributed by atoms with Crippen LogP contribution in [0.3, 0.4) is 0 Å². The number of unbranched alkanes of at least 4 members (excludes halogenated alkanes) is 2. The first-order valence-electron chi connectivity index (χ1n) is 7.18. The number of carbonyl (C=O) groups is 4. The fourth-order valence-electron chi connectivity index (χ4n) is 1.47. The van der Waals surface area contributed by atoms with E-state index in [0.717, 1.165) is 7.11 Å². The number of ether oxygens (including phenoxy) is 1. The number of methoxy groups -OCH3 is 1. The molecule has 0 aliphatic heterocycles. The van der Waals surface area contributed by atoms with Crippen molar-refractivity contribution in [3.63, 3.8) is 0 Å². The number of hydrogen-bond acceptors (Lipinski definition) is 9. The lowest BCUT2D eigenvalue weighted by Gasteiger charge is -2.19. The standard InChI is InChI=1S/C7H10O7.C6H11NO5/c1-14-5(10)3-7(13,6(11)12)2-4(8)9;8-6(9)4-2-1-3-5-12-7(10)11/h13H,2-3H2,1H3,(H,8,9)(H,11,12);1-5H2,(H,8,9). The lowest BCUT2D eigenvalue weighted by molar-refractivity contribution is -0.757. The second-order valence-electron chi connectivity index (χ2n) is 4.92. The van der Waals surface area contributed by atoms with Gasteiger partial charge < -0.3 is 30.0 Å². The number of carboxylic acid groups (broad SMARTS) is 3. The van der Waals surface area contributed by atoms with Gasteiger partial charge in [0.05, 0.1) is 26.6 Å². The van der Waals surface area contributed by atoms with Gasteiger partial charge in [-0.1, -0.05) is 6.42 Å². The summed E-state index contributed by atoms with van der Waals surface area (Å²) in [5.74, 6) is -5.12. The van der Waals surface area contributed by atoms with E-state index in [1.165, 1.54) is 0 Å². The van der Waals surface area contributed by atoms with Crippen molar-refractivity contribution in [3.8, 4) is 0 Å². The third-order valence-electron chi connectivity index (χ3n) is 2.74. The molecule has 0 spiro atoms. The summed E-state index contributed by atoms with van der Waals surface area (Å²) in [7, 11) is 1.01. The van der Waals surface area contributed by atoms with Gasteiger partial charge in [-0.3, -0.25) is 14.4 Å². The molecule has 0 aromatic rings. The van der Waals surface area contributed by atoms with Crippen molar-refractivity contribution in [2.45, 2.75) is 44.1 Å². The average molecular weight is 383 g/mol. The molecule has 0 saturated carbocycles. The summed E-state index contributed by atoms with van der Waals surface area (Å²) in [5, 5.41) is 43.1. The average Bonchev–Trinajstić information content (AvgIpc) is 2.49. The largest absolute Gasteiger partial charge is 0.481 e. The molecule has 0 aromatic carbocycles. The number of aliphatic hydroxyl groups is 1. The van der Waals surface area contributed by atoms with E-state index in [0.29, 0.717) is 19.3 Å². The van der Waals surface area contributed by atoms with Crippen molar-refractivity contribution in [3.05, 3.63) is 10.1 Å². The molecule has 0 aliphatic carbocycles. The Morgan fingerprint density at radius 3 is 1.96 bits per heavy atom. The van der Waals surface area contributed by atoms with Crippen LogP contribution >= 0.6 is 0 Å². The molecule has 0 aliphatic rings. The van der Waals surface area contributed by atoms with E-state index < -0.39 is 47.4 Å². The van der Waals surface area contributed by atoms with Crippen LogP contribution in [0.15, 0.2) is 0 Å². The first-order valence-corrected chi connectivity index (χ1v) is 7.18. The highest BCUT2D eigenvalue weighted by molar-refractivity contribution is 5.88. The van der Waals surface area contributed by atoms with Crippen LogP contribution in [0.4, 0.5) is 0 Å². The molecule has 0 radical (unpaired) electrons. The first-order chi connectivity index (χ1) is 11.9. The summed E-state index contributed by atoms with van der Waals surface area (Å²) in [6, 6.07) is 0. The fraction of sp³-hybridized carbons (Fsp3) is 0.692. The lowest BCUT2D eigenvalue weighted by atomic mass is 9.96. The second kappa shape index (κ2) is 13.3. The second-order valence-corrected chi connectivity index (χ2v) is 4.92. The summed E-state index contributed by atoms with van der Waals surface area (Å²) in [5.41, 5.74) is -2.61. The van der Waals surface area contributed by atoms with Crippen LogP contribution in [-0.4, -0.2) is 68.7 Å². The van der Waals surface area contributed by atoms with Gasteiger partial charge in [-0.05, 0) is 12.8 Å². The van der Waals surface area contributed by atoms with E-state index in [4.69, 9.17) is 15.3 Å². The molecular weight excluding hydrogens is 362 g/mol. The molecule has 0 fully saturated rings. The van der Waals surface area contributed by atoms with Gasteiger partial charge in [0, 0.05) is 6.42 Å². The summed E-state index contributed by atoms with van der Waals surface area (Å²) < 4.78 is 4.12. The number of rotatable bonds is 12. The van der Waals surface area contributed by atoms with E-state index in [1.807, 2.05) is 0 Å². The number of nitrogens with zero attached hydrogens (tertiary/aromatic N) is 1. The molecule has 0 rings (SSSR count). The van der Waals surface area contributed by atoms with Gasteiger partial charge in [-0.25, -0.2) is 4.79 Å². The normalized spacial score (nSPS) is 11.9. The van der Waals surface area contributed by atoms with Gasteiger partial charge in [0.2, 0.25) is 0 Å². The van der Waals surface area contributed by atoms with Gasteiger partial charge in [-0.15, -0.1) is 10.1 Å². The number of carbonyl (C=O) groups excluding carboxylic acids is 1. The predicted octanol–water partition coefficient (Wildman–Crippen LogP) is -0.320. The Bertz CT molecular complexity index is 487. The van der Waals surface area contributed by atoms with Crippen LogP contribution in [0.25, 0.3) is 0 Å². The van der Waals surface area contributed by atoms with E-state index >= 15 is 0 Å². The van der Waals surface area contributed by atoms with Crippen molar-refractivity contribution >= 4 is 23.9 Å². The third-order valence-corrected chi connectivity index (χ3v) is 2.74. The molecule has 26 heavy (non-hydrogen) atoms. The molecule has 1 atom stereocenters. The van der Waals surface area contributed by atoms with Crippen molar-refractivity contribution < 1.29 is 54.3 Å². The minimum Gasteiger partial charge on any atom is -0.481 e. The molecule has 0 heterocycles. The Labute approximate surface area is 147 Å². The van der Waals surface area contributed by atoms with Crippen molar-refractivity contribution in [1.29, 1.82) is 0 Å². The first kappa shape index (κ1) is 25.3. The van der Waals surface area contributed by atoms with Crippen LogP contribution in [-0.2, 0) is 28.8 Å². The molecule has 1 unspecified atom stereocenters. The van der Waals surface area contributed by atoms with Crippen molar-refractivity contribution in [1.82, 2.24) is 0 Å². The Balaban J connectivity index is 0. The number of carboxylic acids is 3. The minimum absolute atomic E-state index is 0.0482.